The summed E-state index contributed by atoms with van der Waals surface area (Å²) >= 11 is 5.52. The van der Waals surface area contributed by atoms with Crippen LogP contribution in [-0.2, 0) is 12.7 Å². The molecule has 1 aromatic carbocycles. The van der Waals surface area contributed by atoms with Crippen LogP contribution in [-0.4, -0.2) is 0 Å². The Bertz CT molecular complexity index is 349. The van der Waals surface area contributed by atoms with E-state index < -0.39 is 16.8 Å². The first-order valence-electron chi connectivity index (χ1n) is 3.72. The molecule has 4 N–H and O–H groups in total. The fourth-order valence-electron chi connectivity index (χ4n) is 1.08. The Labute approximate surface area is 83.6 Å². The molecule has 0 bridgehead atoms. The molecule has 0 radical (unpaired) electrons. The van der Waals surface area contributed by atoms with Gasteiger partial charge in [-0.15, -0.1) is 0 Å². The molecule has 0 amide bonds. The van der Waals surface area contributed by atoms with Crippen LogP contribution in [0.25, 0.3) is 0 Å². The molecule has 14 heavy (non-hydrogen) atoms. The third kappa shape index (κ3) is 1.93. The van der Waals surface area contributed by atoms with Crippen LogP contribution in [0.4, 0.5) is 18.9 Å². The van der Waals surface area contributed by atoms with Gasteiger partial charge in [-0.1, -0.05) is 17.7 Å². The molecule has 6 heteroatoms. The predicted molar refractivity (Wildman–Crippen MR) is 48.8 cm³/mol. The second-order valence-corrected chi connectivity index (χ2v) is 3.08. The summed E-state index contributed by atoms with van der Waals surface area (Å²) in [6, 6.07) is 2.53. The molecule has 0 atom stereocenters. The first kappa shape index (κ1) is 11.1. The van der Waals surface area contributed by atoms with Crippen molar-refractivity contribution in [1.82, 2.24) is 0 Å². The van der Waals surface area contributed by atoms with E-state index in [4.69, 9.17) is 23.1 Å². The molecule has 0 fully saturated rings. The highest BCUT2D eigenvalue weighted by molar-refractivity contribution is 6.32. The maximum Gasteiger partial charge on any atom is 0.419 e. The van der Waals surface area contributed by atoms with Crippen LogP contribution in [0.3, 0.4) is 0 Å². The fraction of sp³-hybridized carbons (Fsp3) is 0.250. The van der Waals surface area contributed by atoms with Gasteiger partial charge >= 0.3 is 6.18 Å². The third-order valence-electron chi connectivity index (χ3n) is 1.76. The van der Waals surface area contributed by atoms with Crippen molar-refractivity contribution in [2.75, 3.05) is 5.73 Å². The molecule has 78 valence electrons. The number of halogens is 4. The minimum Gasteiger partial charge on any atom is -0.398 e. The van der Waals surface area contributed by atoms with Gasteiger partial charge in [0, 0.05) is 12.2 Å². The molecule has 0 aliphatic carbocycles. The molecule has 0 aliphatic rings. The Balaban J connectivity index is 3.40. The van der Waals surface area contributed by atoms with E-state index in [2.05, 4.69) is 0 Å². The maximum atomic E-state index is 12.4. The summed E-state index contributed by atoms with van der Waals surface area (Å²) in [5.41, 5.74) is 9.23. The number of hydrogen-bond acceptors (Lipinski definition) is 2. The van der Waals surface area contributed by atoms with Crippen molar-refractivity contribution in [2.45, 2.75) is 12.7 Å². The highest BCUT2D eigenvalue weighted by Crippen LogP contribution is 2.39. The first-order valence-corrected chi connectivity index (χ1v) is 4.10. The standard InChI is InChI=1S/C8H8ClF3N2/c9-7-4(3-13)1-2-5(14)6(7)8(10,11)12/h1-2H,3,13-14H2. The number of hydrogen-bond donors (Lipinski definition) is 2. The molecular formula is C8H8ClF3N2. The normalized spacial score (nSPS) is 11.8. The van der Waals surface area contributed by atoms with Crippen LogP contribution in [0.5, 0.6) is 0 Å². The molecular weight excluding hydrogens is 217 g/mol. The second-order valence-electron chi connectivity index (χ2n) is 2.70. The van der Waals surface area contributed by atoms with Crippen molar-refractivity contribution in [2.24, 2.45) is 5.73 Å². The number of rotatable bonds is 1. The SMILES string of the molecule is NCc1ccc(N)c(C(F)(F)F)c1Cl. The minimum atomic E-state index is -4.55. The zero-order valence-corrected chi connectivity index (χ0v) is 7.78. The van der Waals surface area contributed by atoms with Crippen molar-refractivity contribution in [3.05, 3.63) is 28.3 Å². The lowest BCUT2D eigenvalue weighted by Gasteiger charge is -2.13. The Kier molecular flexibility index (Phi) is 2.92. The number of alkyl halides is 3. The van der Waals surface area contributed by atoms with E-state index in [-0.39, 0.29) is 17.8 Å². The van der Waals surface area contributed by atoms with Gasteiger partial charge in [-0.25, -0.2) is 0 Å². The molecule has 0 heterocycles. The molecule has 1 aromatic rings. The van der Waals surface area contributed by atoms with Crippen molar-refractivity contribution in [3.63, 3.8) is 0 Å². The molecule has 0 saturated carbocycles. The lowest BCUT2D eigenvalue weighted by atomic mass is 10.1. The largest absolute Gasteiger partial charge is 0.419 e. The van der Waals surface area contributed by atoms with Crippen LogP contribution < -0.4 is 11.5 Å². The number of benzene rings is 1. The number of anilines is 1. The highest BCUT2D eigenvalue weighted by atomic mass is 35.5. The zero-order valence-electron chi connectivity index (χ0n) is 7.03. The van der Waals surface area contributed by atoms with Gasteiger partial charge < -0.3 is 11.5 Å². The molecule has 2 nitrogen and oxygen atoms in total. The van der Waals surface area contributed by atoms with Gasteiger partial charge in [0.05, 0.1) is 10.6 Å². The van der Waals surface area contributed by atoms with Gasteiger partial charge in [-0.3, -0.25) is 0 Å². The number of nitrogen functional groups attached to an aromatic ring is 1. The Hall–Kier alpha value is -0.940. The van der Waals surface area contributed by atoms with E-state index in [1.807, 2.05) is 0 Å². The Morgan fingerprint density at radius 2 is 1.86 bits per heavy atom. The summed E-state index contributed by atoms with van der Waals surface area (Å²) in [4.78, 5) is 0. The van der Waals surface area contributed by atoms with E-state index in [1.54, 1.807) is 0 Å². The summed E-state index contributed by atoms with van der Waals surface area (Å²) in [5, 5.41) is -0.417. The fourth-order valence-corrected chi connectivity index (χ4v) is 1.44. The molecule has 0 aromatic heterocycles. The van der Waals surface area contributed by atoms with Gasteiger partial charge in [0.25, 0.3) is 0 Å². The smallest absolute Gasteiger partial charge is 0.398 e. The average Bonchev–Trinajstić information content (AvgIpc) is 2.02. The van der Waals surface area contributed by atoms with E-state index in [9.17, 15) is 13.2 Å². The van der Waals surface area contributed by atoms with E-state index in [1.165, 1.54) is 6.07 Å². The van der Waals surface area contributed by atoms with Gasteiger partial charge in [0.15, 0.2) is 0 Å². The van der Waals surface area contributed by atoms with Crippen molar-refractivity contribution in [3.8, 4) is 0 Å². The third-order valence-corrected chi connectivity index (χ3v) is 2.19. The van der Waals surface area contributed by atoms with Gasteiger partial charge in [0.2, 0.25) is 0 Å². The van der Waals surface area contributed by atoms with E-state index in [0.29, 0.717) is 0 Å². The quantitative estimate of drug-likeness (QED) is 0.720. The van der Waals surface area contributed by atoms with Crippen molar-refractivity contribution < 1.29 is 13.2 Å². The number of nitrogens with two attached hydrogens (primary N) is 2. The van der Waals surface area contributed by atoms with E-state index >= 15 is 0 Å². The Morgan fingerprint density at radius 1 is 1.29 bits per heavy atom. The molecule has 0 spiro atoms. The lowest BCUT2D eigenvalue weighted by Crippen LogP contribution is -2.12. The molecule has 0 aliphatic heterocycles. The predicted octanol–water partition coefficient (Wildman–Crippen LogP) is 2.40. The summed E-state index contributed by atoms with van der Waals surface area (Å²) in [6.45, 7) is -0.0534. The van der Waals surface area contributed by atoms with Crippen molar-refractivity contribution in [1.29, 1.82) is 0 Å². The van der Waals surface area contributed by atoms with Crippen LogP contribution in [0, 0.1) is 0 Å². The lowest BCUT2D eigenvalue weighted by molar-refractivity contribution is -0.136. The van der Waals surface area contributed by atoms with Crippen LogP contribution >= 0.6 is 11.6 Å². The van der Waals surface area contributed by atoms with Crippen molar-refractivity contribution >= 4 is 17.3 Å². The highest BCUT2D eigenvalue weighted by Gasteiger charge is 2.36. The first-order chi connectivity index (χ1) is 6.38. The summed E-state index contributed by atoms with van der Waals surface area (Å²) in [7, 11) is 0. The van der Waals surface area contributed by atoms with E-state index in [0.717, 1.165) is 6.07 Å². The summed E-state index contributed by atoms with van der Waals surface area (Å²) in [5.74, 6) is 0. The summed E-state index contributed by atoms with van der Waals surface area (Å²) < 4.78 is 37.3. The van der Waals surface area contributed by atoms with Gasteiger partial charge in [0.1, 0.15) is 0 Å². The second kappa shape index (κ2) is 3.67. The van der Waals surface area contributed by atoms with Gasteiger partial charge in [-0.05, 0) is 11.6 Å². The van der Waals surface area contributed by atoms with Crippen LogP contribution in [0.1, 0.15) is 11.1 Å². The van der Waals surface area contributed by atoms with Gasteiger partial charge in [-0.2, -0.15) is 13.2 Å². The molecule has 0 saturated heterocycles. The molecule has 1 rings (SSSR count). The topological polar surface area (TPSA) is 52.0 Å². The monoisotopic (exact) mass is 224 g/mol. The molecule has 0 unspecified atom stereocenters. The maximum absolute atomic E-state index is 12.4. The Morgan fingerprint density at radius 3 is 2.29 bits per heavy atom. The summed E-state index contributed by atoms with van der Waals surface area (Å²) in [6.07, 6.45) is -4.55. The van der Waals surface area contributed by atoms with Crippen LogP contribution in [0.2, 0.25) is 5.02 Å². The van der Waals surface area contributed by atoms with Crippen LogP contribution in [0.15, 0.2) is 12.1 Å². The zero-order chi connectivity index (χ0) is 10.9. The minimum absolute atomic E-state index is 0.0534. The average molecular weight is 225 g/mol.